The lowest BCUT2D eigenvalue weighted by Gasteiger charge is -2.23. The molecule has 0 radical (unpaired) electrons. The van der Waals surface area contributed by atoms with Gasteiger partial charge < -0.3 is 0 Å². The molecule has 0 saturated carbocycles. The van der Waals surface area contributed by atoms with Crippen molar-refractivity contribution in [2.75, 3.05) is 0 Å². The van der Waals surface area contributed by atoms with Crippen molar-refractivity contribution < 1.29 is 8.78 Å². The Balaban J connectivity index is 3.40. The van der Waals surface area contributed by atoms with E-state index in [4.69, 9.17) is 0 Å². The molecule has 0 nitrogen and oxygen atoms in total. The van der Waals surface area contributed by atoms with E-state index < -0.39 is 11.6 Å². The van der Waals surface area contributed by atoms with Gasteiger partial charge in [0.05, 0.1) is 0 Å². The highest BCUT2D eigenvalue weighted by Gasteiger charge is 2.21. The SMILES string of the molecule is Cc1c(C)c(CC(C)(C)C)c(C)c(F)c1F. The highest BCUT2D eigenvalue weighted by Crippen LogP contribution is 2.30. The normalized spacial score (nSPS) is 12.0. The molecule has 2 heteroatoms. The van der Waals surface area contributed by atoms with Gasteiger partial charge in [-0.1, -0.05) is 20.8 Å². The van der Waals surface area contributed by atoms with E-state index in [1.807, 2.05) is 6.92 Å². The van der Waals surface area contributed by atoms with Crippen LogP contribution in [0.2, 0.25) is 0 Å². The maximum absolute atomic E-state index is 13.6. The molecule has 90 valence electrons. The predicted octanol–water partition coefficient (Wildman–Crippen LogP) is 4.48. The molecular weight excluding hydrogens is 206 g/mol. The average Bonchev–Trinajstić information content (AvgIpc) is 2.17. The monoisotopic (exact) mass is 226 g/mol. The largest absolute Gasteiger partial charge is 0.203 e. The zero-order valence-electron chi connectivity index (χ0n) is 11.0. The topological polar surface area (TPSA) is 0 Å². The Kier molecular flexibility index (Phi) is 3.41. The first-order chi connectivity index (χ1) is 7.15. The van der Waals surface area contributed by atoms with Gasteiger partial charge in [0.1, 0.15) is 0 Å². The lowest BCUT2D eigenvalue weighted by Crippen LogP contribution is -2.14. The first-order valence-electron chi connectivity index (χ1n) is 5.59. The van der Waals surface area contributed by atoms with Crippen LogP contribution in [0.1, 0.15) is 43.0 Å². The molecular formula is C14H20F2. The smallest absolute Gasteiger partial charge is 0.162 e. The standard InChI is InChI=1S/C14H20F2/c1-8-9(2)12(15)13(16)10(3)11(8)7-14(4,5)6/h7H2,1-6H3. The van der Waals surface area contributed by atoms with Crippen molar-refractivity contribution in [2.24, 2.45) is 5.41 Å². The summed E-state index contributed by atoms with van der Waals surface area (Å²) in [6.07, 6.45) is 0.767. The molecule has 0 aliphatic heterocycles. The maximum atomic E-state index is 13.6. The molecule has 1 aromatic rings. The summed E-state index contributed by atoms with van der Waals surface area (Å²) in [4.78, 5) is 0. The molecule has 0 heterocycles. The Morgan fingerprint density at radius 3 is 1.69 bits per heavy atom. The lowest BCUT2D eigenvalue weighted by atomic mass is 9.83. The Hall–Kier alpha value is -0.920. The third-order valence-electron chi connectivity index (χ3n) is 3.03. The van der Waals surface area contributed by atoms with Crippen LogP contribution in [-0.4, -0.2) is 0 Å². The van der Waals surface area contributed by atoms with Gasteiger partial charge in [-0.2, -0.15) is 0 Å². The van der Waals surface area contributed by atoms with Crippen LogP contribution in [0.3, 0.4) is 0 Å². The minimum absolute atomic E-state index is 0.0756. The molecule has 0 atom stereocenters. The minimum atomic E-state index is -0.701. The van der Waals surface area contributed by atoms with Crippen LogP contribution in [0.4, 0.5) is 8.78 Å². The Morgan fingerprint density at radius 2 is 1.25 bits per heavy atom. The van der Waals surface area contributed by atoms with E-state index in [1.54, 1.807) is 13.8 Å². The second-order valence-electron chi connectivity index (χ2n) is 5.72. The molecule has 0 aliphatic carbocycles. The van der Waals surface area contributed by atoms with Crippen LogP contribution in [0.15, 0.2) is 0 Å². The lowest BCUT2D eigenvalue weighted by molar-refractivity contribution is 0.405. The molecule has 0 fully saturated rings. The van der Waals surface area contributed by atoms with Crippen LogP contribution in [0, 0.1) is 37.8 Å². The van der Waals surface area contributed by atoms with Gasteiger partial charge in [0.2, 0.25) is 0 Å². The molecule has 1 rings (SSSR count). The van der Waals surface area contributed by atoms with Crippen molar-refractivity contribution in [2.45, 2.75) is 48.0 Å². The van der Waals surface area contributed by atoms with Crippen LogP contribution >= 0.6 is 0 Å². The molecule has 0 saturated heterocycles. The quantitative estimate of drug-likeness (QED) is 0.662. The summed E-state index contributed by atoms with van der Waals surface area (Å²) in [5, 5.41) is 0. The van der Waals surface area contributed by atoms with E-state index in [1.165, 1.54) is 0 Å². The van der Waals surface area contributed by atoms with Gasteiger partial charge in [-0.15, -0.1) is 0 Å². The number of benzene rings is 1. The number of halogens is 2. The van der Waals surface area contributed by atoms with Crippen molar-refractivity contribution in [1.82, 2.24) is 0 Å². The molecule has 0 aromatic heterocycles. The van der Waals surface area contributed by atoms with Crippen LogP contribution in [0.5, 0.6) is 0 Å². The van der Waals surface area contributed by atoms with Gasteiger partial charge in [0, 0.05) is 0 Å². The molecule has 0 N–H and O–H groups in total. The minimum Gasteiger partial charge on any atom is -0.203 e. The zero-order valence-corrected chi connectivity index (χ0v) is 11.0. The van der Waals surface area contributed by atoms with Crippen molar-refractivity contribution in [3.63, 3.8) is 0 Å². The van der Waals surface area contributed by atoms with Gasteiger partial charge in [-0.05, 0) is 54.9 Å². The second-order valence-corrected chi connectivity index (χ2v) is 5.72. The van der Waals surface area contributed by atoms with E-state index >= 15 is 0 Å². The molecule has 0 amide bonds. The summed E-state index contributed by atoms with van der Waals surface area (Å²) in [5.74, 6) is -1.39. The fourth-order valence-corrected chi connectivity index (χ4v) is 1.93. The van der Waals surface area contributed by atoms with Crippen molar-refractivity contribution in [1.29, 1.82) is 0 Å². The predicted molar refractivity (Wildman–Crippen MR) is 63.7 cm³/mol. The van der Waals surface area contributed by atoms with Crippen molar-refractivity contribution in [3.05, 3.63) is 33.9 Å². The molecule has 0 aliphatic rings. The third kappa shape index (κ3) is 2.42. The fourth-order valence-electron chi connectivity index (χ4n) is 1.93. The third-order valence-corrected chi connectivity index (χ3v) is 3.03. The Bertz CT molecular complexity index is 383. The number of hydrogen-bond acceptors (Lipinski definition) is 0. The van der Waals surface area contributed by atoms with Gasteiger partial charge in [-0.25, -0.2) is 8.78 Å². The van der Waals surface area contributed by atoms with E-state index in [-0.39, 0.29) is 5.41 Å². The van der Waals surface area contributed by atoms with E-state index in [0.717, 1.165) is 17.5 Å². The summed E-state index contributed by atoms with van der Waals surface area (Å²) in [7, 11) is 0. The Labute approximate surface area is 96.7 Å². The summed E-state index contributed by atoms with van der Waals surface area (Å²) in [6.45, 7) is 11.5. The Morgan fingerprint density at radius 1 is 0.812 bits per heavy atom. The second kappa shape index (κ2) is 4.15. The van der Waals surface area contributed by atoms with Gasteiger partial charge in [0.25, 0.3) is 0 Å². The fraction of sp³-hybridized carbons (Fsp3) is 0.571. The summed E-state index contributed by atoms with van der Waals surface area (Å²) in [5.41, 5.74) is 2.79. The summed E-state index contributed by atoms with van der Waals surface area (Å²) >= 11 is 0. The summed E-state index contributed by atoms with van der Waals surface area (Å²) < 4.78 is 27.1. The molecule has 16 heavy (non-hydrogen) atoms. The molecule has 0 bridgehead atoms. The van der Waals surface area contributed by atoms with Crippen molar-refractivity contribution >= 4 is 0 Å². The van der Waals surface area contributed by atoms with E-state index in [2.05, 4.69) is 20.8 Å². The zero-order chi connectivity index (χ0) is 12.7. The highest BCUT2D eigenvalue weighted by atomic mass is 19.2. The molecule has 1 aromatic carbocycles. The van der Waals surface area contributed by atoms with Crippen LogP contribution in [0.25, 0.3) is 0 Å². The highest BCUT2D eigenvalue weighted by molar-refractivity contribution is 5.41. The maximum Gasteiger partial charge on any atom is 0.162 e. The first kappa shape index (κ1) is 13.1. The van der Waals surface area contributed by atoms with Crippen LogP contribution in [-0.2, 0) is 6.42 Å². The van der Waals surface area contributed by atoms with Crippen LogP contribution < -0.4 is 0 Å². The van der Waals surface area contributed by atoms with E-state index in [0.29, 0.717) is 11.1 Å². The first-order valence-corrected chi connectivity index (χ1v) is 5.59. The van der Waals surface area contributed by atoms with Crippen molar-refractivity contribution in [3.8, 4) is 0 Å². The summed E-state index contributed by atoms with van der Waals surface area (Å²) in [6, 6.07) is 0. The van der Waals surface area contributed by atoms with E-state index in [9.17, 15) is 8.78 Å². The van der Waals surface area contributed by atoms with Gasteiger partial charge in [0.15, 0.2) is 11.6 Å². The molecule has 0 unspecified atom stereocenters. The average molecular weight is 226 g/mol. The number of hydrogen-bond donors (Lipinski definition) is 0. The number of rotatable bonds is 1. The van der Waals surface area contributed by atoms with Gasteiger partial charge >= 0.3 is 0 Å². The van der Waals surface area contributed by atoms with Gasteiger partial charge in [-0.3, -0.25) is 0 Å². The molecule has 0 spiro atoms.